The number of carbonyl (C=O) groups excluding carboxylic acids is 1. The zero-order valence-electron chi connectivity index (χ0n) is 15.1. The molecule has 1 N–H and O–H groups in total. The van der Waals surface area contributed by atoms with Crippen molar-refractivity contribution in [3.8, 4) is 0 Å². The molecule has 0 fully saturated rings. The SMILES string of the molecule is CCN1CCc2nc3ccccc3c(C(=O)Nc3cccc(C)n3)c2C1. The highest BCUT2D eigenvalue weighted by molar-refractivity contribution is 6.13. The fourth-order valence-corrected chi connectivity index (χ4v) is 3.57. The van der Waals surface area contributed by atoms with Gasteiger partial charge in [-0.3, -0.25) is 14.7 Å². The van der Waals surface area contributed by atoms with Crippen LogP contribution in [0.15, 0.2) is 42.5 Å². The maximum atomic E-state index is 13.2. The number of rotatable bonds is 3. The van der Waals surface area contributed by atoms with E-state index < -0.39 is 0 Å². The number of hydrogen-bond acceptors (Lipinski definition) is 4. The number of benzene rings is 1. The summed E-state index contributed by atoms with van der Waals surface area (Å²) in [6.45, 7) is 6.77. The quantitative estimate of drug-likeness (QED) is 0.788. The summed E-state index contributed by atoms with van der Waals surface area (Å²) < 4.78 is 0. The Balaban J connectivity index is 1.83. The van der Waals surface area contributed by atoms with Crippen LogP contribution >= 0.6 is 0 Å². The standard InChI is InChI=1S/C21H22N4O/c1-3-25-12-11-18-16(13-25)20(15-8-4-5-9-17(15)23-18)21(26)24-19-10-6-7-14(2)22-19/h4-10H,3,11-13H2,1-2H3,(H,22,24,26). The number of aryl methyl sites for hydroxylation is 1. The third-order valence-electron chi connectivity index (χ3n) is 4.93. The van der Waals surface area contributed by atoms with Crippen LogP contribution < -0.4 is 5.32 Å². The van der Waals surface area contributed by atoms with Crippen LogP contribution in [-0.4, -0.2) is 33.9 Å². The molecule has 0 radical (unpaired) electrons. The fraction of sp³-hybridized carbons (Fsp3) is 0.286. The van der Waals surface area contributed by atoms with Crippen LogP contribution in [0.25, 0.3) is 10.9 Å². The highest BCUT2D eigenvalue weighted by atomic mass is 16.1. The van der Waals surface area contributed by atoms with Gasteiger partial charge in [-0.2, -0.15) is 0 Å². The van der Waals surface area contributed by atoms with Crippen molar-refractivity contribution in [2.75, 3.05) is 18.4 Å². The van der Waals surface area contributed by atoms with E-state index in [0.717, 1.165) is 59.5 Å². The molecule has 0 unspecified atom stereocenters. The van der Waals surface area contributed by atoms with Gasteiger partial charge in [-0.1, -0.05) is 31.2 Å². The Bertz CT molecular complexity index is 983. The molecule has 0 aliphatic carbocycles. The van der Waals surface area contributed by atoms with Crippen molar-refractivity contribution in [2.45, 2.75) is 26.8 Å². The molecule has 5 heteroatoms. The van der Waals surface area contributed by atoms with Gasteiger partial charge in [0.05, 0.1) is 11.1 Å². The van der Waals surface area contributed by atoms with Crippen LogP contribution in [0.5, 0.6) is 0 Å². The molecule has 0 spiro atoms. The molecule has 132 valence electrons. The summed E-state index contributed by atoms with van der Waals surface area (Å²) in [5.41, 5.74) is 4.56. The molecule has 1 aromatic carbocycles. The van der Waals surface area contributed by atoms with Gasteiger partial charge in [0.2, 0.25) is 0 Å². The molecule has 5 nitrogen and oxygen atoms in total. The number of aromatic nitrogens is 2. The van der Waals surface area contributed by atoms with E-state index in [4.69, 9.17) is 4.98 Å². The maximum Gasteiger partial charge on any atom is 0.257 e. The number of para-hydroxylation sites is 1. The number of fused-ring (bicyclic) bond motifs is 2. The van der Waals surface area contributed by atoms with E-state index >= 15 is 0 Å². The largest absolute Gasteiger partial charge is 0.307 e. The average Bonchev–Trinajstić information content (AvgIpc) is 2.65. The van der Waals surface area contributed by atoms with E-state index in [0.29, 0.717) is 5.82 Å². The molecule has 0 atom stereocenters. The first kappa shape index (κ1) is 16.7. The Labute approximate surface area is 153 Å². The highest BCUT2D eigenvalue weighted by Crippen LogP contribution is 2.28. The summed E-state index contributed by atoms with van der Waals surface area (Å²) in [4.78, 5) is 24.8. The number of nitrogens with zero attached hydrogens (tertiary/aromatic N) is 3. The van der Waals surface area contributed by atoms with Gasteiger partial charge in [-0.15, -0.1) is 0 Å². The topological polar surface area (TPSA) is 58.1 Å². The second kappa shape index (κ2) is 6.84. The lowest BCUT2D eigenvalue weighted by atomic mass is 9.95. The fourth-order valence-electron chi connectivity index (χ4n) is 3.57. The lowest BCUT2D eigenvalue weighted by Gasteiger charge is -2.29. The molecule has 0 saturated carbocycles. The molecule has 1 aliphatic rings. The van der Waals surface area contributed by atoms with Gasteiger partial charge in [0.1, 0.15) is 5.82 Å². The summed E-state index contributed by atoms with van der Waals surface area (Å²) in [5, 5.41) is 3.88. The third-order valence-corrected chi connectivity index (χ3v) is 4.93. The molecule has 1 amide bonds. The Morgan fingerprint density at radius 1 is 1.15 bits per heavy atom. The van der Waals surface area contributed by atoms with Crippen molar-refractivity contribution >= 4 is 22.6 Å². The monoisotopic (exact) mass is 346 g/mol. The Morgan fingerprint density at radius 2 is 2.00 bits per heavy atom. The number of likely N-dealkylation sites (N-methyl/N-ethyl adjacent to an activating group) is 1. The summed E-state index contributed by atoms with van der Waals surface area (Å²) in [6, 6.07) is 13.5. The summed E-state index contributed by atoms with van der Waals surface area (Å²) in [5.74, 6) is 0.462. The van der Waals surface area contributed by atoms with E-state index in [1.807, 2.05) is 49.4 Å². The second-order valence-electron chi connectivity index (χ2n) is 6.67. The molecule has 26 heavy (non-hydrogen) atoms. The highest BCUT2D eigenvalue weighted by Gasteiger charge is 2.25. The van der Waals surface area contributed by atoms with E-state index in [1.165, 1.54) is 0 Å². The van der Waals surface area contributed by atoms with Gasteiger partial charge >= 0.3 is 0 Å². The molecule has 1 aliphatic heterocycles. The Morgan fingerprint density at radius 3 is 2.81 bits per heavy atom. The first-order valence-electron chi connectivity index (χ1n) is 9.03. The summed E-state index contributed by atoms with van der Waals surface area (Å²) in [6.07, 6.45) is 0.872. The first-order chi connectivity index (χ1) is 12.7. The van der Waals surface area contributed by atoms with E-state index in [1.54, 1.807) is 0 Å². The molecule has 0 bridgehead atoms. The van der Waals surface area contributed by atoms with Gasteiger partial charge in [0.25, 0.3) is 5.91 Å². The third kappa shape index (κ3) is 3.06. The lowest BCUT2D eigenvalue weighted by molar-refractivity contribution is 0.102. The predicted octanol–water partition coefficient (Wildman–Crippen LogP) is 3.57. The van der Waals surface area contributed by atoms with Gasteiger partial charge in [0.15, 0.2) is 0 Å². The number of pyridine rings is 2. The minimum absolute atomic E-state index is 0.115. The summed E-state index contributed by atoms with van der Waals surface area (Å²) >= 11 is 0. The molecule has 0 saturated heterocycles. The Hall–Kier alpha value is -2.79. The van der Waals surface area contributed by atoms with Crippen molar-refractivity contribution in [1.82, 2.24) is 14.9 Å². The smallest absolute Gasteiger partial charge is 0.257 e. The lowest BCUT2D eigenvalue weighted by Crippen LogP contribution is -2.33. The van der Waals surface area contributed by atoms with Crippen LogP contribution in [0.2, 0.25) is 0 Å². The van der Waals surface area contributed by atoms with Crippen LogP contribution in [0, 0.1) is 6.92 Å². The van der Waals surface area contributed by atoms with E-state index in [-0.39, 0.29) is 5.91 Å². The van der Waals surface area contributed by atoms with Crippen molar-refractivity contribution < 1.29 is 4.79 Å². The zero-order valence-corrected chi connectivity index (χ0v) is 15.1. The van der Waals surface area contributed by atoms with Crippen molar-refractivity contribution in [3.63, 3.8) is 0 Å². The van der Waals surface area contributed by atoms with Crippen LogP contribution in [0.4, 0.5) is 5.82 Å². The minimum Gasteiger partial charge on any atom is -0.307 e. The van der Waals surface area contributed by atoms with Crippen molar-refractivity contribution in [2.24, 2.45) is 0 Å². The molecule has 2 aromatic heterocycles. The Kier molecular flexibility index (Phi) is 4.39. The molecule has 3 heterocycles. The van der Waals surface area contributed by atoms with E-state index in [2.05, 4.69) is 22.1 Å². The number of nitrogens with one attached hydrogen (secondary N) is 1. The van der Waals surface area contributed by atoms with Crippen molar-refractivity contribution in [3.05, 3.63) is 65.0 Å². The zero-order chi connectivity index (χ0) is 18.1. The van der Waals surface area contributed by atoms with Gasteiger partial charge in [-0.25, -0.2) is 4.98 Å². The van der Waals surface area contributed by atoms with Crippen molar-refractivity contribution in [1.29, 1.82) is 0 Å². The van der Waals surface area contributed by atoms with Gasteiger partial charge < -0.3 is 5.32 Å². The van der Waals surface area contributed by atoms with Crippen LogP contribution in [0.1, 0.15) is 34.2 Å². The summed E-state index contributed by atoms with van der Waals surface area (Å²) in [7, 11) is 0. The van der Waals surface area contributed by atoms with Crippen LogP contribution in [-0.2, 0) is 13.0 Å². The predicted molar refractivity (Wildman–Crippen MR) is 103 cm³/mol. The van der Waals surface area contributed by atoms with Gasteiger partial charge in [-0.05, 0) is 31.7 Å². The average molecular weight is 346 g/mol. The van der Waals surface area contributed by atoms with Gasteiger partial charge in [0, 0.05) is 41.8 Å². The minimum atomic E-state index is -0.115. The van der Waals surface area contributed by atoms with Crippen LogP contribution in [0.3, 0.4) is 0 Å². The number of carbonyl (C=O) groups is 1. The normalized spacial score (nSPS) is 14.2. The molecular weight excluding hydrogens is 324 g/mol. The molecule has 4 rings (SSSR count). The maximum absolute atomic E-state index is 13.2. The molecule has 3 aromatic rings. The second-order valence-corrected chi connectivity index (χ2v) is 6.67. The number of hydrogen-bond donors (Lipinski definition) is 1. The van der Waals surface area contributed by atoms with E-state index in [9.17, 15) is 4.79 Å². The number of anilines is 1. The molecular formula is C21H22N4O. The first-order valence-corrected chi connectivity index (χ1v) is 9.03. The number of amides is 1.